The monoisotopic (exact) mass is 299 g/mol. The molecule has 21 heavy (non-hydrogen) atoms. The SMILES string of the molecule is [C-]#[N+]c1ccc2c(c1)CC([NH3+])CN2Cc1ccccc1.[Cl-]. The first-order valence-corrected chi connectivity index (χ1v) is 6.88. The molecule has 3 nitrogen and oxygen atoms in total. The van der Waals surface area contributed by atoms with Crippen molar-refractivity contribution < 1.29 is 18.1 Å². The van der Waals surface area contributed by atoms with Crippen LogP contribution < -0.4 is 23.0 Å². The van der Waals surface area contributed by atoms with Gasteiger partial charge in [0, 0.05) is 18.7 Å². The molecule has 2 aromatic rings. The molecule has 0 aliphatic carbocycles. The van der Waals surface area contributed by atoms with Gasteiger partial charge in [0.1, 0.15) is 6.04 Å². The van der Waals surface area contributed by atoms with Gasteiger partial charge >= 0.3 is 0 Å². The van der Waals surface area contributed by atoms with Crippen molar-refractivity contribution in [3.05, 3.63) is 71.1 Å². The highest BCUT2D eigenvalue weighted by Gasteiger charge is 2.24. The van der Waals surface area contributed by atoms with E-state index >= 15 is 0 Å². The largest absolute Gasteiger partial charge is 1.00 e. The summed E-state index contributed by atoms with van der Waals surface area (Å²) in [6.07, 6.45) is 0.962. The molecular weight excluding hydrogens is 282 g/mol. The van der Waals surface area contributed by atoms with Crippen LogP contribution in [0.25, 0.3) is 4.85 Å². The van der Waals surface area contributed by atoms with Crippen molar-refractivity contribution in [1.29, 1.82) is 0 Å². The summed E-state index contributed by atoms with van der Waals surface area (Å²) in [4.78, 5) is 5.90. The number of quaternary nitrogens is 1. The number of rotatable bonds is 2. The Morgan fingerprint density at radius 1 is 1.19 bits per heavy atom. The van der Waals surface area contributed by atoms with E-state index in [-0.39, 0.29) is 12.4 Å². The second kappa shape index (κ2) is 6.62. The number of halogens is 1. The lowest BCUT2D eigenvalue weighted by atomic mass is 9.97. The average Bonchev–Trinajstić information content (AvgIpc) is 2.47. The predicted octanol–water partition coefficient (Wildman–Crippen LogP) is -0.585. The highest BCUT2D eigenvalue weighted by atomic mass is 35.5. The molecule has 0 spiro atoms. The minimum absolute atomic E-state index is 0. The third kappa shape index (κ3) is 3.36. The Kier molecular flexibility index (Phi) is 4.85. The lowest BCUT2D eigenvalue weighted by molar-refractivity contribution is -0.416. The fourth-order valence-electron chi connectivity index (χ4n) is 2.85. The molecule has 1 aliphatic heterocycles. The van der Waals surface area contributed by atoms with Crippen molar-refractivity contribution in [2.75, 3.05) is 11.4 Å². The molecular formula is C17H18ClN3. The van der Waals surface area contributed by atoms with Gasteiger partial charge in [0.2, 0.25) is 0 Å². The van der Waals surface area contributed by atoms with Gasteiger partial charge in [-0.25, -0.2) is 4.85 Å². The Bertz CT molecular complexity index is 649. The molecule has 0 fully saturated rings. The summed E-state index contributed by atoms with van der Waals surface area (Å²) in [6, 6.07) is 16.9. The van der Waals surface area contributed by atoms with Gasteiger partial charge in [0.25, 0.3) is 0 Å². The van der Waals surface area contributed by atoms with E-state index in [4.69, 9.17) is 6.57 Å². The maximum atomic E-state index is 7.14. The molecule has 1 heterocycles. The van der Waals surface area contributed by atoms with Crippen molar-refractivity contribution in [2.24, 2.45) is 0 Å². The minimum atomic E-state index is 0. The van der Waals surface area contributed by atoms with Gasteiger partial charge < -0.3 is 23.0 Å². The first-order valence-electron chi connectivity index (χ1n) is 6.88. The van der Waals surface area contributed by atoms with E-state index in [1.165, 1.54) is 16.8 Å². The molecule has 2 aromatic carbocycles. The number of hydrogen-bond donors (Lipinski definition) is 1. The first kappa shape index (κ1) is 15.4. The second-order valence-electron chi connectivity index (χ2n) is 5.36. The Morgan fingerprint density at radius 3 is 2.67 bits per heavy atom. The minimum Gasteiger partial charge on any atom is -1.00 e. The van der Waals surface area contributed by atoms with Crippen LogP contribution in [0.4, 0.5) is 11.4 Å². The lowest BCUT2D eigenvalue weighted by Gasteiger charge is -2.33. The van der Waals surface area contributed by atoms with Crippen LogP contribution in [0.5, 0.6) is 0 Å². The van der Waals surface area contributed by atoms with E-state index in [1.807, 2.05) is 18.2 Å². The van der Waals surface area contributed by atoms with Crippen molar-refractivity contribution in [3.8, 4) is 0 Å². The van der Waals surface area contributed by atoms with E-state index < -0.39 is 0 Å². The van der Waals surface area contributed by atoms with Crippen LogP contribution >= 0.6 is 0 Å². The van der Waals surface area contributed by atoms with Crippen LogP contribution in [0, 0.1) is 6.57 Å². The molecule has 4 heteroatoms. The normalized spacial score (nSPS) is 16.6. The third-order valence-electron chi connectivity index (χ3n) is 3.74. The van der Waals surface area contributed by atoms with E-state index in [1.54, 1.807) is 0 Å². The summed E-state index contributed by atoms with van der Waals surface area (Å²) in [6.45, 7) is 9.01. The summed E-state index contributed by atoms with van der Waals surface area (Å²) < 4.78 is 0. The van der Waals surface area contributed by atoms with Gasteiger partial charge in [-0.15, -0.1) is 0 Å². The zero-order valence-corrected chi connectivity index (χ0v) is 12.6. The fourth-order valence-corrected chi connectivity index (χ4v) is 2.85. The zero-order chi connectivity index (χ0) is 13.9. The fraction of sp³-hybridized carbons (Fsp3) is 0.235. The summed E-state index contributed by atoms with van der Waals surface area (Å²) in [5, 5.41) is 0. The molecule has 108 valence electrons. The molecule has 1 aliphatic rings. The van der Waals surface area contributed by atoms with Crippen molar-refractivity contribution in [3.63, 3.8) is 0 Å². The van der Waals surface area contributed by atoms with E-state index in [0.29, 0.717) is 6.04 Å². The lowest BCUT2D eigenvalue weighted by Crippen LogP contribution is -3.00. The molecule has 0 saturated heterocycles. The molecule has 1 atom stereocenters. The molecule has 0 aromatic heterocycles. The number of hydrogen-bond acceptors (Lipinski definition) is 1. The van der Waals surface area contributed by atoms with Gasteiger partial charge in [-0.2, -0.15) is 0 Å². The molecule has 0 bridgehead atoms. The topological polar surface area (TPSA) is 35.2 Å². The maximum absolute atomic E-state index is 7.14. The Labute approximate surface area is 131 Å². The van der Waals surface area contributed by atoms with Crippen LogP contribution in [-0.2, 0) is 13.0 Å². The van der Waals surface area contributed by atoms with Gasteiger partial charge in [0.05, 0.1) is 13.1 Å². The standard InChI is InChI=1S/C17H17N3.ClH/c1-19-16-7-8-17-14(10-16)9-15(18)12-20(17)11-13-5-3-2-4-6-13;/h2-8,10,15H,9,11-12,18H2;1H. The third-order valence-corrected chi connectivity index (χ3v) is 3.74. The van der Waals surface area contributed by atoms with Crippen LogP contribution in [0.15, 0.2) is 48.5 Å². The van der Waals surface area contributed by atoms with Crippen molar-refractivity contribution in [1.82, 2.24) is 0 Å². The Morgan fingerprint density at radius 2 is 1.95 bits per heavy atom. The molecule has 0 saturated carbocycles. The average molecular weight is 300 g/mol. The molecule has 1 unspecified atom stereocenters. The number of anilines is 1. The summed E-state index contributed by atoms with van der Waals surface area (Å²) in [5.41, 5.74) is 8.75. The predicted molar refractivity (Wildman–Crippen MR) is 80.6 cm³/mol. The van der Waals surface area contributed by atoms with Crippen LogP contribution in [-0.4, -0.2) is 12.6 Å². The van der Waals surface area contributed by atoms with Crippen molar-refractivity contribution in [2.45, 2.75) is 19.0 Å². The highest BCUT2D eigenvalue weighted by Crippen LogP contribution is 2.31. The van der Waals surface area contributed by atoms with Crippen LogP contribution in [0.1, 0.15) is 11.1 Å². The number of fused-ring (bicyclic) bond motifs is 1. The maximum Gasteiger partial charge on any atom is 0.187 e. The molecule has 0 radical (unpaired) electrons. The zero-order valence-electron chi connectivity index (χ0n) is 11.8. The van der Waals surface area contributed by atoms with Gasteiger partial charge in [0.15, 0.2) is 5.69 Å². The summed E-state index contributed by atoms with van der Waals surface area (Å²) in [7, 11) is 0. The molecule has 0 amide bonds. The summed E-state index contributed by atoms with van der Waals surface area (Å²) >= 11 is 0. The van der Waals surface area contributed by atoms with Gasteiger partial charge in [-0.05, 0) is 17.2 Å². The number of benzene rings is 2. The van der Waals surface area contributed by atoms with Crippen molar-refractivity contribution >= 4 is 11.4 Å². The molecule has 3 N–H and O–H groups in total. The van der Waals surface area contributed by atoms with Crippen LogP contribution in [0.2, 0.25) is 0 Å². The Balaban J connectivity index is 0.00000161. The smallest absolute Gasteiger partial charge is 0.187 e. The van der Waals surface area contributed by atoms with Gasteiger partial charge in [-0.3, -0.25) is 0 Å². The second-order valence-corrected chi connectivity index (χ2v) is 5.36. The summed E-state index contributed by atoms with van der Waals surface area (Å²) in [5.74, 6) is 0. The van der Waals surface area contributed by atoms with Gasteiger partial charge in [-0.1, -0.05) is 42.5 Å². The quantitative estimate of drug-likeness (QED) is 0.740. The first-order chi connectivity index (χ1) is 9.76. The highest BCUT2D eigenvalue weighted by molar-refractivity contribution is 5.63. The molecule has 3 rings (SSSR count). The van der Waals surface area contributed by atoms with E-state index in [9.17, 15) is 0 Å². The van der Waals surface area contributed by atoms with Crippen LogP contribution in [0.3, 0.4) is 0 Å². The Hall–Kier alpha value is -2.02. The number of nitrogens with zero attached hydrogens (tertiary/aromatic N) is 2. The van der Waals surface area contributed by atoms with E-state index in [2.05, 4.69) is 45.8 Å². The van der Waals surface area contributed by atoms with E-state index in [0.717, 1.165) is 25.2 Å².